The molecule has 1 amide bonds. The van der Waals surface area contributed by atoms with E-state index in [0.717, 1.165) is 14.7 Å². The van der Waals surface area contributed by atoms with Gasteiger partial charge >= 0.3 is 0 Å². The summed E-state index contributed by atoms with van der Waals surface area (Å²) in [7, 11) is -3.04. The van der Waals surface area contributed by atoms with Crippen molar-refractivity contribution in [2.45, 2.75) is 12.3 Å². The largest absolute Gasteiger partial charge is 0.484 e. The fourth-order valence-corrected chi connectivity index (χ4v) is 3.15. The SMILES string of the molecule is CS(=O)(=O)Cc1ccc(CNC(=O)COc2ccc(I)cc2)cc1. The summed E-state index contributed by atoms with van der Waals surface area (Å²) in [5.41, 5.74) is 1.63. The minimum absolute atomic E-state index is 0.0174. The van der Waals surface area contributed by atoms with Gasteiger partial charge in [-0.1, -0.05) is 24.3 Å². The van der Waals surface area contributed by atoms with Crippen LogP contribution in [0.2, 0.25) is 0 Å². The third-order valence-electron chi connectivity index (χ3n) is 3.13. The van der Waals surface area contributed by atoms with Gasteiger partial charge in [-0.2, -0.15) is 0 Å². The van der Waals surface area contributed by atoms with Crippen LogP contribution in [-0.4, -0.2) is 27.2 Å². The molecule has 1 N–H and O–H groups in total. The fourth-order valence-electron chi connectivity index (χ4n) is 1.99. The number of ether oxygens (including phenoxy) is 1. The van der Waals surface area contributed by atoms with Crippen molar-refractivity contribution in [2.24, 2.45) is 0 Å². The molecule has 0 spiro atoms. The number of amides is 1. The normalized spacial score (nSPS) is 11.1. The summed E-state index contributed by atoms with van der Waals surface area (Å²) in [6.45, 7) is 0.320. The second-order valence-corrected chi connectivity index (χ2v) is 8.79. The number of halogens is 1. The monoisotopic (exact) mass is 459 g/mol. The van der Waals surface area contributed by atoms with Gasteiger partial charge in [0, 0.05) is 16.4 Å². The highest BCUT2D eigenvalue weighted by Gasteiger charge is 2.06. The number of benzene rings is 2. The average Bonchev–Trinajstić information content (AvgIpc) is 2.52. The molecular formula is C17H18INO4S. The predicted octanol–water partition coefficient (Wildman–Crippen LogP) is 2.53. The number of rotatable bonds is 7. The second kappa shape index (κ2) is 8.48. The van der Waals surface area contributed by atoms with Crippen LogP contribution in [0.3, 0.4) is 0 Å². The molecule has 0 aliphatic carbocycles. The van der Waals surface area contributed by atoms with Crippen molar-refractivity contribution in [3.63, 3.8) is 0 Å². The summed E-state index contributed by atoms with van der Waals surface area (Å²) in [6, 6.07) is 14.6. The molecule has 0 unspecified atom stereocenters. The van der Waals surface area contributed by atoms with E-state index in [9.17, 15) is 13.2 Å². The van der Waals surface area contributed by atoms with Gasteiger partial charge in [0.05, 0.1) is 5.75 Å². The number of nitrogens with one attached hydrogen (secondary N) is 1. The van der Waals surface area contributed by atoms with Gasteiger partial charge in [0.2, 0.25) is 0 Å². The molecule has 0 aromatic heterocycles. The second-order valence-electron chi connectivity index (χ2n) is 5.41. The van der Waals surface area contributed by atoms with Gasteiger partial charge in [0.25, 0.3) is 5.91 Å². The molecule has 2 aromatic rings. The van der Waals surface area contributed by atoms with Gasteiger partial charge in [0.15, 0.2) is 16.4 Å². The minimum Gasteiger partial charge on any atom is -0.484 e. The molecular weight excluding hydrogens is 441 g/mol. The lowest BCUT2D eigenvalue weighted by Crippen LogP contribution is -2.28. The van der Waals surface area contributed by atoms with E-state index in [-0.39, 0.29) is 18.3 Å². The van der Waals surface area contributed by atoms with Gasteiger partial charge in [-0.15, -0.1) is 0 Å². The van der Waals surface area contributed by atoms with Crippen LogP contribution in [0, 0.1) is 3.57 Å². The average molecular weight is 459 g/mol. The topological polar surface area (TPSA) is 72.5 Å². The summed E-state index contributed by atoms with van der Waals surface area (Å²) in [4.78, 5) is 11.8. The van der Waals surface area contributed by atoms with E-state index in [0.29, 0.717) is 12.3 Å². The van der Waals surface area contributed by atoms with Crippen molar-refractivity contribution < 1.29 is 17.9 Å². The summed E-state index contributed by atoms with van der Waals surface area (Å²) < 4.78 is 29.0. The van der Waals surface area contributed by atoms with E-state index < -0.39 is 9.84 Å². The van der Waals surface area contributed by atoms with Gasteiger partial charge < -0.3 is 10.1 Å². The van der Waals surface area contributed by atoms with Crippen LogP contribution in [-0.2, 0) is 26.9 Å². The van der Waals surface area contributed by atoms with Crippen LogP contribution >= 0.6 is 22.6 Å². The van der Waals surface area contributed by atoms with Gasteiger partial charge in [-0.25, -0.2) is 8.42 Å². The number of hydrogen-bond donors (Lipinski definition) is 1. The number of carbonyl (C=O) groups excluding carboxylic acids is 1. The predicted molar refractivity (Wildman–Crippen MR) is 101 cm³/mol. The molecule has 24 heavy (non-hydrogen) atoms. The van der Waals surface area contributed by atoms with Crippen molar-refractivity contribution in [1.29, 1.82) is 0 Å². The van der Waals surface area contributed by atoms with Crippen molar-refractivity contribution in [3.8, 4) is 5.75 Å². The lowest BCUT2D eigenvalue weighted by atomic mass is 10.1. The molecule has 0 heterocycles. The number of carbonyl (C=O) groups is 1. The van der Waals surface area contributed by atoms with Gasteiger partial charge in [-0.05, 0) is 58.0 Å². The Bertz CT molecular complexity index is 786. The molecule has 2 aromatic carbocycles. The third kappa shape index (κ3) is 6.88. The van der Waals surface area contributed by atoms with Gasteiger partial charge in [0.1, 0.15) is 5.75 Å². The van der Waals surface area contributed by atoms with Crippen molar-refractivity contribution >= 4 is 38.3 Å². The Morgan fingerprint density at radius 3 is 2.21 bits per heavy atom. The van der Waals surface area contributed by atoms with Crippen molar-refractivity contribution in [2.75, 3.05) is 12.9 Å². The quantitative estimate of drug-likeness (QED) is 0.647. The van der Waals surface area contributed by atoms with Gasteiger partial charge in [-0.3, -0.25) is 4.79 Å². The molecule has 0 saturated heterocycles. The summed E-state index contributed by atoms with van der Waals surface area (Å²) >= 11 is 2.20. The molecule has 128 valence electrons. The zero-order valence-electron chi connectivity index (χ0n) is 13.2. The molecule has 5 nitrogen and oxygen atoms in total. The van der Waals surface area contributed by atoms with Crippen molar-refractivity contribution in [1.82, 2.24) is 5.32 Å². The Hall–Kier alpha value is -1.61. The van der Waals surface area contributed by atoms with Crippen LogP contribution < -0.4 is 10.1 Å². The molecule has 7 heteroatoms. The molecule has 0 saturated carbocycles. The van der Waals surface area contributed by atoms with E-state index in [4.69, 9.17) is 4.74 Å². The zero-order chi connectivity index (χ0) is 17.6. The van der Waals surface area contributed by atoms with E-state index in [1.165, 1.54) is 6.26 Å². The number of hydrogen-bond acceptors (Lipinski definition) is 4. The molecule has 0 fully saturated rings. The van der Waals surface area contributed by atoms with Crippen LogP contribution in [0.15, 0.2) is 48.5 Å². The van der Waals surface area contributed by atoms with E-state index in [1.807, 2.05) is 24.3 Å². The molecule has 0 aliphatic heterocycles. The third-order valence-corrected chi connectivity index (χ3v) is 4.70. The Morgan fingerprint density at radius 2 is 1.62 bits per heavy atom. The molecule has 0 bridgehead atoms. The smallest absolute Gasteiger partial charge is 0.258 e. The summed E-state index contributed by atoms with van der Waals surface area (Å²) in [6.07, 6.45) is 1.20. The maximum absolute atomic E-state index is 11.8. The Labute approximate surface area is 155 Å². The van der Waals surface area contributed by atoms with E-state index in [1.54, 1.807) is 24.3 Å². The lowest BCUT2D eigenvalue weighted by molar-refractivity contribution is -0.123. The highest BCUT2D eigenvalue weighted by molar-refractivity contribution is 14.1. The highest BCUT2D eigenvalue weighted by atomic mass is 127. The maximum atomic E-state index is 11.8. The summed E-state index contributed by atoms with van der Waals surface area (Å²) in [5.74, 6) is 0.452. The van der Waals surface area contributed by atoms with Crippen LogP contribution in [0.4, 0.5) is 0 Å². The first-order chi connectivity index (χ1) is 11.3. The first kappa shape index (κ1) is 18.7. The highest BCUT2D eigenvalue weighted by Crippen LogP contribution is 2.13. The van der Waals surface area contributed by atoms with Crippen LogP contribution in [0.5, 0.6) is 5.75 Å². The maximum Gasteiger partial charge on any atom is 0.258 e. The van der Waals surface area contributed by atoms with E-state index in [2.05, 4.69) is 27.9 Å². The van der Waals surface area contributed by atoms with E-state index >= 15 is 0 Å². The Kier molecular flexibility index (Phi) is 6.61. The Balaban J connectivity index is 1.78. The fraction of sp³-hybridized carbons (Fsp3) is 0.235. The first-order valence-corrected chi connectivity index (χ1v) is 10.4. The molecule has 2 rings (SSSR count). The standard InChI is InChI=1S/C17H18INO4S/c1-24(21,22)12-14-4-2-13(3-5-14)10-19-17(20)11-23-16-8-6-15(18)7-9-16/h2-9H,10-12H2,1H3,(H,19,20). The van der Waals surface area contributed by atoms with Crippen LogP contribution in [0.25, 0.3) is 0 Å². The lowest BCUT2D eigenvalue weighted by Gasteiger charge is -2.08. The Morgan fingerprint density at radius 1 is 1.04 bits per heavy atom. The summed E-state index contributed by atoms with van der Waals surface area (Å²) in [5, 5.41) is 2.76. The van der Waals surface area contributed by atoms with Crippen LogP contribution in [0.1, 0.15) is 11.1 Å². The number of sulfone groups is 1. The van der Waals surface area contributed by atoms with Crippen molar-refractivity contribution in [3.05, 3.63) is 63.2 Å². The molecule has 0 aliphatic rings. The molecule has 0 atom stereocenters. The first-order valence-electron chi connectivity index (χ1n) is 7.22. The zero-order valence-corrected chi connectivity index (χ0v) is 16.1. The minimum atomic E-state index is -3.04. The molecule has 0 radical (unpaired) electrons.